The number of benzene rings is 1. The van der Waals surface area contributed by atoms with Crippen LogP contribution < -0.4 is 4.74 Å². The van der Waals surface area contributed by atoms with Gasteiger partial charge in [-0.05, 0) is 25.1 Å². The molecule has 0 radical (unpaired) electrons. The van der Waals surface area contributed by atoms with Crippen molar-refractivity contribution in [1.29, 1.82) is 0 Å². The standard InChI is InChI=1S/C20H19N5O3/c1-13-9-15(24-23-13)10-25(2)20(26)16-11-28-18(22-16)12-27-17-7-3-5-14-6-4-8-21-19(14)17/h3-9,11H,10,12H2,1-2H3,(H,23,24). The fourth-order valence-corrected chi connectivity index (χ4v) is 2.87. The van der Waals surface area contributed by atoms with Gasteiger partial charge in [0.2, 0.25) is 5.89 Å². The number of amides is 1. The lowest BCUT2D eigenvalue weighted by atomic mass is 10.2. The molecule has 0 spiro atoms. The minimum atomic E-state index is -0.248. The Kier molecular flexibility index (Phi) is 4.76. The third kappa shape index (κ3) is 3.71. The van der Waals surface area contributed by atoms with Gasteiger partial charge in [0, 0.05) is 24.3 Å². The van der Waals surface area contributed by atoms with Crippen molar-refractivity contribution in [3.8, 4) is 5.75 Å². The SMILES string of the molecule is Cc1cc(CN(C)C(=O)c2coc(COc3cccc4cccnc34)n2)n[nH]1. The number of rotatable bonds is 6. The molecule has 0 aliphatic heterocycles. The Morgan fingerprint density at radius 2 is 2.14 bits per heavy atom. The number of hydrogen-bond donors (Lipinski definition) is 1. The Hall–Kier alpha value is -3.68. The van der Waals surface area contributed by atoms with Gasteiger partial charge in [-0.15, -0.1) is 0 Å². The summed E-state index contributed by atoms with van der Waals surface area (Å²) in [5.74, 6) is 0.706. The number of para-hydroxylation sites is 1. The summed E-state index contributed by atoms with van der Waals surface area (Å²) in [5.41, 5.74) is 2.72. The second-order valence-corrected chi connectivity index (χ2v) is 6.45. The first kappa shape index (κ1) is 17.7. The molecule has 4 rings (SSSR count). The molecule has 0 saturated heterocycles. The molecule has 1 amide bonds. The molecule has 0 saturated carbocycles. The van der Waals surface area contributed by atoms with Crippen molar-refractivity contribution in [2.45, 2.75) is 20.1 Å². The zero-order chi connectivity index (χ0) is 19.5. The highest BCUT2D eigenvalue weighted by atomic mass is 16.5. The molecule has 1 N–H and O–H groups in total. The van der Waals surface area contributed by atoms with Crippen LogP contribution in [0.2, 0.25) is 0 Å². The number of ether oxygens (including phenoxy) is 1. The third-order valence-corrected chi connectivity index (χ3v) is 4.22. The molecule has 3 heterocycles. The molecule has 0 aliphatic rings. The molecule has 4 aromatic rings. The second-order valence-electron chi connectivity index (χ2n) is 6.45. The number of pyridine rings is 1. The zero-order valence-electron chi connectivity index (χ0n) is 15.5. The third-order valence-electron chi connectivity index (χ3n) is 4.22. The maximum Gasteiger partial charge on any atom is 0.275 e. The monoisotopic (exact) mass is 377 g/mol. The highest BCUT2D eigenvalue weighted by Gasteiger charge is 2.18. The lowest BCUT2D eigenvalue weighted by molar-refractivity contribution is 0.0777. The van der Waals surface area contributed by atoms with Gasteiger partial charge in [-0.2, -0.15) is 5.10 Å². The minimum absolute atomic E-state index is 0.102. The van der Waals surface area contributed by atoms with E-state index in [9.17, 15) is 4.79 Å². The van der Waals surface area contributed by atoms with E-state index in [-0.39, 0.29) is 18.2 Å². The number of aromatic nitrogens is 4. The molecule has 0 bridgehead atoms. The van der Waals surface area contributed by atoms with Gasteiger partial charge in [0.05, 0.1) is 12.2 Å². The van der Waals surface area contributed by atoms with Crippen LogP contribution in [0.1, 0.15) is 27.8 Å². The van der Waals surface area contributed by atoms with E-state index in [4.69, 9.17) is 9.15 Å². The lowest BCUT2D eigenvalue weighted by Crippen LogP contribution is -2.26. The number of nitrogens with zero attached hydrogens (tertiary/aromatic N) is 4. The van der Waals surface area contributed by atoms with Crippen molar-refractivity contribution in [3.05, 3.63) is 71.8 Å². The van der Waals surface area contributed by atoms with E-state index in [0.29, 0.717) is 18.2 Å². The topological polar surface area (TPSA) is 97.1 Å². The zero-order valence-corrected chi connectivity index (χ0v) is 15.5. The fraction of sp³-hybridized carbons (Fsp3) is 0.200. The summed E-state index contributed by atoms with van der Waals surface area (Å²) in [5, 5.41) is 7.98. The Morgan fingerprint density at radius 3 is 2.96 bits per heavy atom. The van der Waals surface area contributed by atoms with Crippen molar-refractivity contribution in [2.75, 3.05) is 7.05 Å². The first-order chi connectivity index (χ1) is 13.6. The lowest BCUT2D eigenvalue weighted by Gasteiger charge is -2.13. The smallest absolute Gasteiger partial charge is 0.275 e. The predicted octanol–water partition coefficient (Wildman–Crippen LogP) is 3.11. The minimum Gasteiger partial charge on any atom is -0.482 e. The summed E-state index contributed by atoms with van der Waals surface area (Å²) >= 11 is 0. The average Bonchev–Trinajstić information content (AvgIpc) is 3.34. The van der Waals surface area contributed by atoms with Gasteiger partial charge in [0.1, 0.15) is 17.5 Å². The van der Waals surface area contributed by atoms with Crippen LogP contribution in [0.3, 0.4) is 0 Å². The fourth-order valence-electron chi connectivity index (χ4n) is 2.87. The largest absolute Gasteiger partial charge is 0.482 e. The van der Waals surface area contributed by atoms with Crippen LogP contribution in [0.25, 0.3) is 10.9 Å². The van der Waals surface area contributed by atoms with Gasteiger partial charge in [-0.25, -0.2) is 4.98 Å². The number of nitrogens with one attached hydrogen (secondary N) is 1. The van der Waals surface area contributed by atoms with Crippen molar-refractivity contribution in [1.82, 2.24) is 25.1 Å². The second kappa shape index (κ2) is 7.51. The highest BCUT2D eigenvalue weighted by Crippen LogP contribution is 2.23. The van der Waals surface area contributed by atoms with Crippen LogP contribution in [0, 0.1) is 6.92 Å². The molecule has 3 aromatic heterocycles. The number of aryl methyl sites for hydroxylation is 1. The van der Waals surface area contributed by atoms with Crippen molar-refractivity contribution < 1.29 is 13.9 Å². The number of aromatic amines is 1. The van der Waals surface area contributed by atoms with Crippen LogP contribution in [0.5, 0.6) is 5.75 Å². The number of oxazole rings is 1. The van der Waals surface area contributed by atoms with E-state index in [1.165, 1.54) is 11.2 Å². The van der Waals surface area contributed by atoms with E-state index < -0.39 is 0 Å². The Labute approximate surface area is 161 Å². The van der Waals surface area contributed by atoms with Crippen LogP contribution >= 0.6 is 0 Å². The van der Waals surface area contributed by atoms with Crippen LogP contribution in [0.15, 0.2) is 53.3 Å². The molecule has 0 aliphatic carbocycles. The van der Waals surface area contributed by atoms with Crippen LogP contribution in [0.4, 0.5) is 0 Å². The number of carbonyl (C=O) groups excluding carboxylic acids is 1. The van der Waals surface area contributed by atoms with Gasteiger partial charge in [0.25, 0.3) is 5.91 Å². The molecule has 0 atom stereocenters. The molecule has 1 aromatic carbocycles. The molecule has 0 fully saturated rings. The summed E-state index contributed by atoms with van der Waals surface area (Å²) in [7, 11) is 1.69. The maximum atomic E-state index is 12.5. The summed E-state index contributed by atoms with van der Waals surface area (Å²) in [6, 6.07) is 11.4. The summed E-state index contributed by atoms with van der Waals surface area (Å²) in [6.07, 6.45) is 3.06. The number of hydrogen-bond acceptors (Lipinski definition) is 6. The number of fused-ring (bicyclic) bond motifs is 1. The highest BCUT2D eigenvalue weighted by molar-refractivity contribution is 5.91. The number of carbonyl (C=O) groups is 1. The van der Waals surface area contributed by atoms with Gasteiger partial charge in [0.15, 0.2) is 12.3 Å². The quantitative estimate of drug-likeness (QED) is 0.554. The molecular weight excluding hydrogens is 358 g/mol. The van der Waals surface area contributed by atoms with Gasteiger partial charge < -0.3 is 14.1 Å². The van der Waals surface area contributed by atoms with Crippen molar-refractivity contribution in [2.24, 2.45) is 0 Å². The summed E-state index contributed by atoms with van der Waals surface area (Å²) in [4.78, 5) is 22.7. The van der Waals surface area contributed by atoms with Crippen molar-refractivity contribution in [3.63, 3.8) is 0 Å². The molecule has 8 nitrogen and oxygen atoms in total. The molecule has 28 heavy (non-hydrogen) atoms. The first-order valence-electron chi connectivity index (χ1n) is 8.77. The van der Waals surface area contributed by atoms with E-state index in [2.05, 4.69) is 20.2 Å². The summed E-state index contributed by atoms with van der Waals surface area (Å²) in [6.45, 7) is 2.39. The first-order valence-corrected chi connectivity index (χ1v) is 8.77. The maximum absolute atomic E-state index is 12.5. The summed E-state index contributed by atoms with van der Waals surface area (Å²) < 4.78 is 11.2. The van der Waals surface area contributed by atoms with Gasteiger partial charge in [-0.3, -0.25) is 14.9 Å². The van der Waals surface area contributed by atoms with E-state index in [0.717, 1.165) is 22.3 Å². The Morgan fingerprint density at radius 1 is 1.29 bits per heavy atom. The Bertz CT molecular complexity index is 1110. The molecule has 0 unspecified atom stereocenters. The van der Waals surface area contributed by atoms with Crippen LogP contribution in [-0.4, -0.2) is 38.0 Å². The molecular formula is C20H19N5O3. The van der Waals surface area contributed by atoms with Crippen molar-refractivity contribution >= 4 is 16.8 Å². The predicted molar refractivity (Wildman–Crippen MR) is 102 cm³/mol. The normalized spacial score (nSPS) is 10.9. The van der Waals surface area contributed by atoms with E-state index in [1.807, 2.05) is 43.3 Å². The molecule has 8 heteroatoms. The average molecular weight is 377 g/mol. The molecule has 142 valence electrons. The van der Waals surface area contributed by atoms with E-state index in [1.54, 1.807) is 13.2 Å². The van der Waals surface area contributed by atoms with Gasteiger partial charge in [-0.1, -0.05) is 18.2 Å². The Balaban J connectivity index is 1.41. The van der Waals surface area contributed by atoms with Gasteiger partial charge >= 0.3 is 0 Å². The van der Waals surface area contributed by atoms with Crippen LogP contribution in [-0.2, 0) is 13.2 Å². The van der Waals surface area contributed by atoms with E-state index >= 15 is 0 Å². The number of H-pyrrole nitrogens is 1.